The van der Waals surface area contributed by atoms with Gasteiger partial charge < -0.3 is 5.32 Å². The Labute approximate surface area is 119 Å². The average Bonchev–Trinajstić information content (AvgIpc) is 2.50. The van der Waals surface area contributed by atoms with Crippen molar-refractivity contribution < 1.29 is 0 Å². The molecule has 1 aromatic carbocycles. The van der Waals surface area contributed by atoms with Gasteiger partial charge in [0.15, 0.2) is 0 Å². The summed E-state index contributed by atoms with van der Waals surface area (Å²) >= 11 is 0. The highest BCUT2D eigenvalue weighted by Crippen LogP contribution is 2.16. The fourth-order valence-electron chi connectivity index (χ4n) is 2.38. The number of hydrogen-bond donors (Lipinski definition) is 1. The molecule has 0 radical (unpaired) electrons. The average molecular weight is 266 g/mol. The van der Waals surface area contributed by atoms with E-state index < -0.39 is 0 Å². The summed E-state index contributed by atoms with van der Waals surface area (Å²) in [6, 6.07) is 11.8. The second kappa shape index (κ2) is 7.33. The number of hydrogen-bond acceptors (Lipinski definition) is 4. The summed E-state index contributed by atoms with van der Waals surface area (Å²) in [5.74, 6) is 0. The van der Waals surface area contributed by atoms with Gasteiger partial charge in [-0.3, -0.25) is 4.90 Å². The van der Waals surface area contributed by atoms with E-state index in [1.165, 1.54) is 44.1 Å². The molecule has 1 heterocycles. The minimum absolute atomic E-state index is 0.0754. The van der Waals surface area contributed by atoms with Crippen molar-refractivity contribution in [2.75, 3.05) is 18.4 Å². The van der Waals surface area contributed by atoms with E-state index in [4.69, 9.17) is 10.5 Å². The first kappa shape index (κ1) is 14.1. The zero-order valence-corrected chi connectivity index (χ0v) is 11.5. The Morgan fingerprint density at radius 1 is 1.20 bits per heavy atom. The van der Waals surface area contributed by atoms with Crippen LogP contribution in [0.4, 0.5) is 5.69 Å². The van der Waals surface area contributed by atoms with Crippen LogP contribution in [0.15, 0.2) is 36.0 Å². The van der Waals surface area contributed by atoms with Gasteiger partial charge in [-0.2, -0.15) is 10.5 Å². The lowest BCUT2D eigenvalue weighted by molar-refractivity contribution is 0.221. The molecule has 0 aromatic heterocycles. The van der Waals surface area contributed by atoms with Crippen LogP contribution in [0.1, 0.15) is 24.8 Å². The molecule has 0 spiro atoms. The van der Waals surface area contributed by atoms with Gasteiger partial charge in [-0.05, 0) is 43.6 Å². The van der Waals surface area contributed by atoms with E-state index in [0.29, 0.717) is 0 Å². The molecule has 0 atom stereocenters. The van der Waals surface area contributed by atoms with E-state index in [0.717, 1.165) is 12.2 Å². The van der Waals surface area contributed by atoms with Gasteiger partial charge in [-0.1, -0.05) is 18.6 Å². The number of nitriles is 2. The SMILES string of the molecule is N#CC(C#N)=CNc1cccc(CN2CCCCC2)c1. The number of rotatable bonds is 4. The van der Waals surface area contributed by atoms with E-state index in [9.17, 15) is 0 Å². The first-order chi connectivity index (χ1) is 9.81. The lowest BCUT2D eigenvalue weighted by atomic mass is 10.1. The standard InChI is InChI=1S/C16H18N4/c17-10-15(11-18)12-19-16-6-4-5-14(9-16)13-20-7-2-1-3-8-20/h4-6,9,12,19H,1-3,7-8,13H2. The molecule has 0 aliphatic carbocycles. The van der Waals surface area contributed by atoms with Gasteiger partial charge in [0, 0.05) is 18.4 Å². The molecule has 1 aliphatic heterocycles. The third-order valence-corrected chi connectivity index (χ3v) is 3.41. The third kappa shape index (κ3) is 4.12. The van der Waals surface area contributed by atoms with Crippen LogP contribution >= 0.6 is 0 Å². The van der Waals surface area contributed by atoms with Crippen LogP contribution in [0.3, 0.4) is 0 Å². The molecule has 0 saturated carbocycles. The molecule has 4 nitrogen and oxygen atoms in total. The third-order valence-electron chi connectivity index (χ3n) is 3.41. The Kier molecular flexibility index (Phi) is 5.17. The summed E-state index contributed by atoms with van der Waals surface area (Å²) in [5.41, 5.74) is 2.23. The minimum atomic E-state index is 0.0754. The number of nitrogens with one attached hydrogen (secondary N) is 1. The molecule has 0 unspecified atom stereocenters. The molecule has 1 saturated heterocycles. The fraction of sp³-hybridized carbons (Fsp3) is 0.375. The van der Waals surface area contributed by atoms with Gasteiger partial charge >= 0.3 is 0 Å². The van der Waals surface area contributed by atoms with Crippen molar-refractivity contribution in [2.45, 2.75) is 25.8 Å². The summed E-state index contributed by atoms with van der Waals surface area (Å²) in [6.07, 6.45) is 5.36. The predicted octanol–water partition coefficient (Wildman–Crippen LogP) is 3.02. The highest BCUT2D eigenvalue weighted by molar-refractivity contribution is 5.50. The summed E-state index contributed by atoms with van der Waals surface area (Å²) < 4.78 is 0. The number of anilines is 1. The number of allylic oxidation sites excluding steroid dienone is 1. The van der Waals surface area contributed by atoms with Crippen LogP contribution in [-0.4, -0.2) is 18.0 Å². The van der Waals surface area contributed by atoms with E-state index in [-0.39, 0.29) is 5.57 Å². The molecular weight excluding hydrogens is 248 g/mol. The predicted molar refractivity (Wildman–Crippen MR) is 78.5 cm³/mol. The van der Waals surface area contributed by atoms with Gasteiger partial charge in [-0.15, -0.1) is 0 Å². The minimum Gasteiger partial charge on any atom is -0.360 e. The second-order valence-corrected chi connectivity index (χ2v) is 4.96. The molecule has 1 aliphatic rings. The normalized spacial score (nSPS) is 14.9. The Hall–Kier alpha value is -2.30. The molecule has 2 rings (SSSR count). The number of nitrogens with zero attached hydrogens (tertiary/aromatic N) is 3. The van der Waals surface area contributed by atoms with Crippen LogP contribution in [0.5, 0.6) is 0 Å². The maximum Gasteiger partial charge on any atom is 0.145 e. The molecule has 4 heteroatoms. The van der Waals surface area contributed by atoms with Crippen LogP contribution < -0.4 is 5.32 Å². The molecule has 20 heavy (non-hydrogen) atoms. The Morgan fingerprint density at radius 2 is 1.95 bits per heavy atom. The van der Waals surface area contributed by atoms with Gasteiger partial charge in [0.05, 0.1) is 0 Å². The lowest BCUT2D eigenvalue weighted by Crippen LogP contribution is -2.29. The zero-order valence-electron chi connectivity index (χ0n) is 11.5. The fourth-order valence-corrected chi connectivity index (χ4v) is 2.38. The van der Waals surface area contributed by atoms with Crippen LogP contribution in [-0.2, 0) is 6.54 Å². The number of piperidine rings is 1. The van der Waals surface area contributed by atoms with Crippen LogP contribution in [0.25, 0.3) is 0 Å². The quantitative estimate of drug-likeness (QED) is 0.851. The molecule has 1 N–H and O–H groups in total. The van der Waals surface area contributed by atoms with Crippen molar-refractivity contribution in [1.29, 1.82) is 10.5 Å². The first-order valence-electron chi connectivity index (χ1n) is 6.90. The van der Waals surface area contributed by atoms with Crippen molar-refractivity contribution in [3.63, 3.8) is 0 Å². The highest BCUT2D eigenvalue weighted by atomic mass is 15.1. The summed E-state index contributed by atoms with van der Waals surface area (Å²) in [4.78, 5) is 2.47. The van der Waals surface area contributed by atoms with Gasteiger partial charge in [0.1, 0.15) is 17.7 Å². The Morgan fingerprint density at radius 3 is 2.65 bits per heavy atom. The maximum atomic E-state index is 8.69. The second-order valence-electron chi connectivity index (χ2n) is 4.96. The van der Waals surface area contributed by atoms with Crippen molar-refractivity contribution in [3.05, 3.63) is 41.6 Å². The number of benzene rings is 1. The smallest absolute Gasteiger partial charge is 0.145 e. The van der Waals surface area contributed by atoms with Crippen LogP contribution in [0.2, 0.25) is 0 Å². The monoisotopic (exact) mass is 266 g/mol. The zero-order chi connectivity index (χ0) is 14.2. The van der Waals surface area contributed by atoms with Crippen LogP contribution in [0, 0.1) is 22.7 Å². The van der Waals surface area contributed by atoms with Crippen molar-refractivity contribution in [2.24, 2.45) is 0 Å². The largest absolute Gasteiger partial charge is 0.360 e. The van der Waals surface area contributed by atoms with E-state index >= 15 is 0 Å². The molecule has 1 fully saturated rings. The Balaban J connectivity index is 1.99. The van der Waals surface area contributed by atoms with Crippen molar-refractivity contribution in [3.8, 4) is 12.1 Å². The van der Waals surface area contributed by atoms with Gasteiger partial charge in [-0.25, -0.2) is 0 Å². The van der Waals surface area contributed by atoms with Crippen molar-refractivity contribution >= 4 is 5.69 Å². The summed E-state index contributed by atoms with van der Waals surface area (Å²) in [7, 11) is 0. The van der Waals surface area contributed by atoms with Gasteiger partial charge in [0.2, 0.25) is 0 Å². The summed E-state index contributed by atoms with van der Waals surface area (Å²) in [5, 5.41) is 20.4. The number of likely N-dealkylation sites (tertiary alicyclic amines) is 1. The van der Waals surface area contributed by atoms with Crippen molar-refractivity contribution in [1.82, 2.24) is 4.90 Å². The van der Waals surface area contributed by atoms with E-state index in [1.54, 1.807) is 0 Å². The maximum absolute atomic E-state index is 8.69. The molecule has 102 valence electrons. The Bertz CT molecular complexity index is 541. The topological polar surface area (TPSA) is 62.9 Å². The molecule has 0 amide bonds. The van der Waals surface area contributed by atoms with Gasteiger partial charge in [0.25, 0.3) is 0 Å². The lowest BCUT2D eigenvalue weighted by Gasteiger charge is -2.26. The van der Waals surface area contributed by atoms with E-state index in [1.807, 2.05) is 24.3 Å². The first-order valence-corrected chi connectivity index (χ1v) is 6.90. The molecule has 1 aromatic rings. The summed E-state index contributed by atoms with van der Waals surface area (Å²) in [6.45, 7) is 3.30. The molecular formula is C16H18N4. The molecule has 0 bridgehead atoms. The highest BCUT2D eigenvalue weighted by Gasteiger charge is 2.10. The van der Waals surface area contributed by atoms with E-state index in [2.05, 4.69) is 22.3 Å².